The van der Waals surface area contributed by atoms with Crippen molar-refractivity contribution >= 4 is 11.6 Å². The molecule has 0 radical (unpaired) electrons. The van der Waals surface area contributed by atoms with Crippen LogP contribution in [0.2, 0.25) is 0 Å². The molecule has 2 N–H and O–H groups in total. The summed E-state index contributed by atoms with van der Waals surface area (Å²) in [6, 6.07) is 0. The number of hydrogen-bond donors (Lipinski definition) is 1. The largest absolute Gasteiger partial charge is 0.396 e. The predicted octanol–water partition coefficient (Wildman–Crippen LogP) is -0.0398. The van der Waals surface area contributed by atoms with Crippen LogP contribution < -0.4 is 5.73 Å². The molecule has 0 aromatic carbocycles. The third kappa shape index (κ3) is 2.97. The Morgan fingerprint density at radius 3 is 3.18 bits per heavy atom. The number of ether oxygens (including phenoxy) is 1. The Labute approximate surface area is 100 Å². The van der Waals surface area contributed by atoms with Gasteiger partial charge in [-0.1, -0.05) is 0 Å². The van der Waals surface area contributed by atoms with Crippen molar-refractivity contribution in [3.63, 3.8) is 0 Å². The maximum atomic E-state index is 12.0. The molecule has 1 saturated heterocycles. The highest BCUT2D eigenvalue weighted by Crippen LogP contribution is 2.16. The van der Waals surface area contributed by atoms with E-state index in [2.05, 4.69) is 5.10 Å². The van der Waals surface area contributed by atoms with Crippen LogP contribution in [-0.4, -0.2) is 47.4 Å². The lowest BCUT2D eigenvalue weighted by Gasteiger charge is -2.16. The number of rotatable bonds is 4. The molecular weight excluding hydrogens is 220 g/mol. The fraction of sp³-hybridized carbons (Fsp3) is 0.636. The summed E-state index contributed by atoms with van der Waals surface area (Å²) >= 11 is 0. The number of likely N-dealkylation sites (tertiary alicyclic amines) is 1. The SMILES string of the molecule is COCC1CCN(C(=O)Cn2cc(N)cn2)C1. The van der Waals surface area contributed by atoms with Crippen molar-refractivity contribution in [3.05, 3.63) is 12.4 Å². The van der Waals surface area contributed by atoms with Gasteiger partial charge in [0.25, 0.3) is 0 Å². The lowest BCUT2D eigenvalue weighted by Crippen LogP contribution is -2.32. The van der Waals surface area contributed by atoms with Crippen LogP contribution in [0.4, 0.5) is 5.69 Å². The number of hydrogen-bond acceptors (Lipinski definition) is 4. The molecule has 1 aromatic rings. The van der Waals surface area contributed by atoms with Gasteiger partial charge in [0.2, 0.25) is 5.91 Å². The van der Waals surface area contributed by atoms with Crippen molar-refractivity contribution in [1.29, 1.82) is 0 Å². The van der Waals surface area contributed by atoms with Gasteiger partial charge in [-0.05, 0) is 6.42 Å². The monoisotopic (exact) mass is 238 g/mol. The maximum absolute atomic E-state index is 12.0. The van der Waals surface area contributed by atoms with Crippen LogP contribution in [0.15, 0.2) is 12.4 Å². The van der Waals surface area contributed by atoms with Crippen molar-refractivity contribution < 1.29 is 9.53 Å². The molecule has 0 bridgehead atoms. The Balaban J connectivity index is 1.85. The molecule has 0 spiro atoms. The quantitative estimate of drug-likeness (QED) is 0.799. The summed E-state index contributed by atoms with van der Waals surface area (Å²) in [5.41, 5.74) is 6.12. The van der Waals surface area contributed by atoms with Gasteiger partial charge < -0.3 is 15.4 Å². The van der Waals surface area contributed by atoms with E-state index >= 15 is 0 Å². The first-order valence-electron chi connectivity index (χ1n) is 5.73. The van der Waals surface area contributed by atoms with Crippen LogP contribution in [0.3, 0.4) is 0 Å². The molecule has 1 fully saturated rings. The summed E-state index contributed by atoms with van der Waals surface area (Å²) in [5, 5.41) is 4.00. The molecule has 1 unspecified atom stereocenters. The Bertz CT molecular complexity index is 391. The maximum Gasteiger partial charge on any atom is 0.244 e. The number of anilines is 1. The lowest BCUT2D eigenvalue weighted by atomic mass is 10.1. The molecule has 0 saturated carbocycles. The molecule has 17 heavy (non-hydrogen) atoms. The van der Waals surface area contributed by atoms with E-state index < -0.39 is 0 Å². The number of amides is 1. The summed E-state index contributed by atoms with van der Waals surface area (Å²) in [6.45, 7) is 2.57. The van der Waals surface area contributed by atoms with Crippen LogP contribution >= 0.6 is 0 Å². The number of nitrogens with zero attached hydrogens (tertiary/aromatic N) is 3. The van der Waals surface area contributed by atoms with E-state index in [0.717, 1.165) is 26.1 Å². The molecule has 0 aliphatic carbocycles. The average Bonchev–Trinajstić information content (AvgIpc) is 2.88. The standard InChI is InChI=1S/C11H18N4O2/c1-17-8-9-2-3-14(5-9)11(16)7-15-6-10(12)4-13-15/h4,6,9H,2-3,5,7-8,12H2,1H3. The topological polar surface area (TPSA) is 73.4 Å². The molecular formula is C11H18N4O2. The first kappa shape index (κ1) is 11.9. The summed E-state index contributed by atoms with van der Waals surface area (Å²) in [7, 11) is 1.69. The van der Waals surface area contributed by atoms with E-state index in [1.807, 2.05) is 4.90 Å². The fourth-order valence-corrected chi connectivity index (χ4v) is 2.14. The lowest BCUT2D eigenvalue weighted by molar-refractivity contribution is -0.131. The molecule has 6 nitrogen and oxygen atoms in total. The van der Waals surface area contributed by atoms with Crippen molar-refractivity contribution in [1.82, 2.24) is 14.7 Å². The number of carbonyl (C=O) groups is 1. The molecule has 94 valence electrons. The summed E-state index contributed by atoms with van der Waals surface area (Å²) in [4.78, 5) is 13.8. The molecule has 2 heterocycles. The smallest absolute Gasteiger partial charge is 0.244 e. The van der Waals surface area contributed by atoms with Gasteiger partial charge in [-0.3, -0.25) is 9.48 Å². The van der Waals surface area contributed by atoms with E-state index in [1.54, 1.807) is 24.2 Å². The van der Waals surface area contributed by atoms with Gasteiger partial charge in [0.15, 0.2) is 0 Å². The Kier molecular flexibility index (Phi) is 3.63. The third-order valence-corrected chi connectivity index (χ3v) is 2.99. The molecule has 1 aliphatic rings. The highest BCUT2D eigenvalue weighted by molar-refractivity contribution is 5.76. The van der Waals surface area contributed by atoms with Crippen LogP contribution in [0.5, 0.6) is 0 Å². The van der Waals surface area contributed by atoms with Gasteiger partial charge in [0, 0.05) is 32.3 Å². The van der Waals surface area contributed by atoms with Gasteiger partial charge in [-0.2, -0.15) is 5.10 Å². The van der Waals surface area contributed by atoms with Crippen LogP contribution in [0.25, 0.3) is 0 Å². The van der Waals surface area contributed by atoms with Crippen LogP contribution in [0, 0.1) is 5.92 Å². The van der Waals surface area contributed by atoms with Gasteiger partial charge in [-0.25, -0.2) is 0 Å². The second-order valence-electron chi connectivity index (χ2n) is 4.42. The molecule has 1 aromatic heterocycles. The van der Waals surface area contributed by atoms with Gasteiger partial charge in [0.05, 0.1) is 18.5 Å². The van der Waals surface area contributed by atoms with E-state index in [0.29, 0.717) is 11.6 Å². The van der Waals surface area contributed by atoms with Crippen LogP contribution in [-0.2, 0) is 16.1 Å². The summed E-state index contributed by atoms with van der Waals surface area (Å²) in [5.74, 6) is 0.554. The zero-order chi connectivity index (χ0) is 12.3. The fourth-order valence-electron chi connectivity index (χ4n) is 2.14. The third-order valence-electron chi connectivity index (χ3n) is 2.99. The van der Waals surface area contributed by atoms with Crippen LogP contribution in [0.1, 0.15) is 6.42 Å². The molecule has 1 amide bonds. The van der Waals surface area contributed by atoms with E-state index in [1.165, 1.54) is 0 Å². The average molecular weight is 238 g/mol. The Morgan fingerprint density at radius 1 is 1.71 bits per heavy atom. The Morgan fingerprint density at radius 2 is 2.53 bits per heavy atom. The van der Waals surface area contributed by atoms with Gasteiger partial charge >= 0.3 is 0 Å². The highest BCUT2D eigenvalue weighted by atomic mass is 16.5. The van der Waals surface area contributed by atoms with Crippen molar-refractivity contribution in [3.8, 4) is 0 Å². The number of methoxy groups -OCH3 is 1. The molecule has 2 rings (SSSR count). The minimum atomic E-state index is 0.0895. The van der Waals surface area contributed by atoms with Crippen molar-refractivity contribution in [2.75, 3.05) is 32.5 Å². The number of aromatic nitrogens is 2. The van der Waals surface area contributed by atoms with E-state index in [4.69, 9.17) is 10.5 Å². The number of nitrogen functional groups attached to an aromatic ring is 1. The number of carbonyl (C=O) groups excluding carboxylic acids is 1. The Hall–Kier alpha value is -1.56. The van der Waals surface area contributed by atoms with Gasteiger partial charge in [0.1, 0.15) is 6.54 Å². The zero-order valence-corrected chi connectivity index (χ0v) is 10.0. The van der Waals surface area contributed by atoms with Crippen molar-refractivity contribution in [2.45, 2.75) is 13.0 Å². The molecule has 6 heteroatoms. The minimum Gasteiger partial charge on any atom is -0.396 e. The first-order valence-corrected chi connectivity index (χ1v) is 5.73. The minimum absolute atomic E-state index is 0.0895. The molecule has 1 aliphatic heterocycles. The van der Waals surface area contributed by atoms with E-state index in [-0.39, 0.29) is 12.5 Å². The van der Waals surface area contributed by atoms with E-state index in [9.17, 15) is 4.79 Å². The van der Waals surface area contributed by atoms with Gasteiger partial charge in [-0.15, -0.1) is 0 Å². The molecule has 1 atom stereocenters. The number of nitrogens with two attached hydrogens (primary N) is 1. The highest BCUT2D eigenvalue weighted by Gasteiger charge is 2.26. The summed E-state index contributed by atoms with van der Waals surface area (Å²) in [6.07, 6.45) is 4.23. The normalized spacial score (nSPS) is 19.8. The first-order chi connectivity index (χ1) is 8.19. The second kappa shape index (κ2) is 5.18. The predicted molar refractivity (Wildman–Crippen MR) is 63.2 cm³/mol. The zero-order valence-electron chi connectivity index (χ0n) is 10.0. The second-order valence-corrected chi connectivity index (χ2v) is 4.42. The summed E-state index contributed by atoms with van der Waals surface area (Å²) < 4.78 is 6.67. The van der Waals surface area contributed by atoms with Crippen molar-refractivity contribution in [2.24, 2.45) is 5.92 Å².